The number of ether oxygens (including phenoxy) is 2. The Balaban J connectivity index is 2.24. The van der Waals surface area contributed by atoms with Gasteiger partial charge in [-0.2, -0.15) is 0 Å². The molecule has 1 aliphatic carbocycles. The lowest BCUT2D eigenvalue weighted by Crippen LogP contribution is -2.16. The normalized spacial score (nSPS) is 21.2. The van der Waals surface area contributed by atoms with Gasteiger partial charge in [0.05, 0.1) is 19.8 Å². The van der Waals surface area contributed by atoms with E-state index in [1.807, 2.05) is 0 Å². The number of ketones is 1. The van der Waals surface area contributed by atoms with Gasteiger partial charge in [0.25, 0.3) is 0 Å². The predicted molar refractivity (Wildman–Crippen MR) is 66.2 cm³/mol. The molecule has 5 heteroatoms. The molecule has 0 aliphatic heterocycles. The van der Waals surface area contributed by atoms with E-state index in [4.69, 9.17) is 9.47 Å². The van der Waals surface area contributed by atoms with Gasteiger partial charge in [0.1, 0.15) is 11.5 Å². The van der Waals surface area contributed by atoms with Crippen molar-refractivity contribution in [1.82, 2.24) is 0 Å². The lowest BCUT2D eigenvalue weighted by Gasteiger charge is -2.13. The Morgan fingerprint density at radius 2 is 2.05 bits per heavy atom. The minimum Gasteiger partial charge on any atom is -0.497 e. The van der Waals surface area contributed by atoms with Gasteiger partial charge in [-0.1, -0.05) is 0 Å². The summed E-state index contributed by atoms with van der Waals surface area (Å²) in [4.78, 5) is 12.3. The summed E-state index contributed by atoms with van der Waals surface area (Å²) in [6, 6.07) is 4.78. The van der Waals surface area contributed by atoms with Crippen molar-refractivity contribution in [3.63, 3.8) is 0 Å². The van der Waals surface area contributed by atoms with E-state index in [2.05, 4.69) is 0 Å². The van der Waals surface area contributed by atoms with Crippen LogP contribution in [-0.2, 0) is 0 Å². The maximum atomic E-state index is 13.2. The third-order valence-corrected chi connectivity index (χ3v) is 3.45. The van der Waals surface area contributed by atoms with Crippen molar-refractivity contribution in [3.8, 4) is 11.5 Å². The summed E-state index contributed by atoms with van der Waals surface area (Å²) in [6.07, 6.45) is -0.371. The van der Waals surface area contributed by atoms with Crippen LogP contribution in [0.25, 0.3) is 0 Å². The lowest BCUT2D eigenvalue weighted by atomic mass is 9.95. The maximum Gasteiger partial charge on any atom is 0.248 e. The molecule has 1 aliphatic rings. The zero-order chi connectivity index (χ0) is 14.0. The molecule has 1 aromatic carbocycles. The van der Waals surface area contributed by atoms with Crippen molar-refractivity contribution in [1.29, 1.82) is 0 Å². The van der Waals surface area contributed by atoms with Gasteiger partial charge >= 0.3 is 0 Å². The third-order valence-electron chi connectivity index (χ3n) is 3.45. The van der Waals surface area contributed by atoms with Crippen LogP contribution in [-0.4, -0.2) is 25.9 Å². The van der Waals surface area contributed by atoms with Crippen molar-refractivity contribution >= 4 is 5.78 Å². The van der Waals surface area contributed by atoms with Crippen LogP contribution in [0, 0.1) is 5.92 Å². The highest BCUT2D eigenvalue weighted by Crippen LogP contribution is 2.41. The Bertz CT molecular complexity index is 486. The fraction of sp³-hybridized carbons (Fsp3) is 0.500. The van der Waals surface area contributed by atoms with Crippen LogP contribution >= 0.6 is 0 Å². The Morgan fingerprint density at radius 3 is 2.58 bits per heavy atom. The topological polar surface area (TPSA) is 35.5 Å². The molecule has 1 unspecified atom stereocenters. The second-order valence-electron chi connectivity index (χ2n) is 4.73. The Labute approximate surface area is 110 Å². The van der Waals surface area contributed by atoms with Gasteiger partial charge < -0.3 is 9.47 Å². The molecule has 1 aromatic rings. The molecule has 1 fully saturated rings. The van der Waals surface area contributed by atoms with E-state index in [-0.39, 0.29) is 25.0 Å². The van der Waals surface area contributed by atoms with Gasteiger partial charge in [0.15, 0.2) is 5.78 Å². The van der Waals surface area contributed by atoms with Crippen LogP contribution in [0.2, 0.25) is 0 Å². The van der Waals surface area contributed by atoms with Crippen molar-refractivity contribution < 1.29 is 23.0 Å². The van der Waals surface area contributed by atoms with Gasteiger partial charge in [-0.25, -0.2) is 8.78 Å². The van der Waals surface area contributed by atoms with Crippen molar-refractivity contribution in [3.05, 3.63) is 23.8 Å². The van der Waals surface area contributed by atoms with E-state index in [0.717, 1.165) is 0 Å². The highest BCUT2D eigenvalue weighted by Gasteiger charge is 2.43. The average Bonchev–Trinajstić information content (AvgIpc) is 2.77. The van der Waals surface area contributed by atoms with Crippen molar-refractivity contribution in [2.75, 3.05) is 14.2 Å². The first-order chi connectivity index (χ1) is 8.96. The fourth-order valence-corrected chi connectivity index (χ4v) is 2.40. The number of carbonyl (C=O) groups is 1. The van der Waals surface area contributed by atoms with Gasteiger partial charge in [0.2, 0.25) is 5.92 Å². The van der Waals surface area contributed by atoms with E-state index in [1.165, 1.54) is 14.2 Å². The second-order valence-corrected chi connectivity index (χ2v) is 4.73. The minimum absolute atomic E-state index is 0.220. The molecule has 3 nitrogen and oxygen atoms in total. The first kappa shape index (κ1) is 13.8. The van der Waals surface area contributed by atoms with E-state index in [1.54, 1.807) is 18.2 Å². The molecule has 0 radical (unpaired) electrons. The summed E-state index contributed by atoms with van der Waals surface area (Å²) < 4.78 is 36.5. The van der Waals surface area contributed by atoms with Gasteiger partial charge in [-0.3, -0.25) is 4.79 Å². The summed E-state index contributed by atoms with van der Waals surface area (Å²) in [5.41, 5.74) is 0.339. The number of carbonyl (C=O) groups excluding carboxylic acids is 1. The van der Waals surface area contributed by atoms with Gasteiger partial charge in [-0.15, -0.1) is 0 Å². The summed E-state index contributed by atoms with van der Waals surface area (Å²) in [6.45, 7) is 0. The Kier molecular flexibility index (Phi) is 3.73. The van der Waals surface area contributed by atoms with Crippen LogP contribution in [0.4, 0.5) is 8.78 Å². The molecule has 0 saturated heterocycles. The number of alkyl halides is 2. The number of rotatable bonds is 4. The maximum absolute atomic E-state index is 13.2. The summed E-state index contributed by atoms with van der Waals surface area (Å²) >= 11 is 0. The van der Waals surface area contributed by atoms with E-state index in [9.17, 15) is 13.6 Å². The number of hydrogen-bond donors (Lipinski definition) is 0. The quantitative estimate of drug-likeness (QED) is 0.787. The average molecular weight is 270 g/mol. The largest absolute Gasteiger partial charge is 0.497 e. The molecule has 19 heavy (non-hydrogen) atoms. The molecular formula is C14H16F2O3. The van der Waals surface area contributed by atoms with Crippen LogP contribution < -0.4 is 9.47 Å². The smallest absolute Gasteiger partial charge is 0.248 e. The van der Waals surface area contributed by atoms with E-state index >= 15 is 0 Å². The number of Topliss-reactive ketones (excluding diaryl/α,β-unsaturated/α-hetero) is 1. The van der Waals surface area contributed by atoms with Crippen LogP contribution in [0.15, 0.2) is 18.2 Å². The number of hydrogen-bond acceptors (Lipinski definition) is 3. The third kappa shape index (κ3) is 2.85. The minimum atomic E-state index is -2.72. The molecule has 1 saturated carbocycles. The lowest BCUT2D eigenvalue weighted by molar-refractivity contribution is 0.00528. The molecule has 0 amide bonds. The number of halogens is 2. The zero-order valence-corrected chi connectivity index (χ0v) is 10.9. The van der Waals surface area contributed by atoms with Crippen LogP contribution in [0.3, 0.4) is 0 Å². The second kappa shape index (κ2) is 5.15. The summed E-state index contributed by atoms with van der Waals surface area (Å²) in [5.74, 6) is -2.71. The summed E-state index contributed by atoms with van der Waals surface area (Å²) in [7, 11) is 2.95. The first-order valence-electron chi connectivity index (χ1n) is 6.11. The molecule has 2 rings (SSSR count). The van der Waals surface area contributed by atoms with E-state index in [0.29, 0.717) is 17.1 Å². The first-order valence-corrected chi connectivity index (χ1v) is 6.11. The molecule has 0 heterocycles. The highest BCUT2D eigenvalue weighted by molar-refractivity contribution is 6.00. The number of benzene rings is 1. The number of methoxy groups -OCH3 is 2. The molecular weight excluding hydrogens is 254 g/mol. The molecule has 104 valence electrons. The van der Waals surface area contributed by atoms with Crippen LogP contribution in [0.5, 0.6) is 11.5 Å². The predicted octanol–water partition coefficient (Wildman–Crippen LogP) is 3.32. The molecule has 0 aromatic heterocycles. The standard InChI is InChI=1S/C14H16F2O3/c1-18-10-3-4-11(12(7-10)19-2)13(17)9-5-6-14(15,16)8-9/h3-4,7,9H,5-6,8H2,1-2H3. The van der Waals surface area contributed by atoms with E-state index < -0.39 is 11.8 Å². The fourth-order valence-electron chi connectivity index (χ4n) is 2.40. The van der Waals surface area contributed by atoms with Crippen molar-refractivity contribution in [2.45, 2.75) is 25.2 Å². The molecule has 0 N–H and O–H groups in total. The SMILES string of the molecule is COc1ccc(C(=O)C2CCC(F)(F)C2)c(OC)c1. The summed E-state index contributed by atoms with van der Waals surface area (Å²) in [5, 5.41) is 0. The monoisotopic (exact) mass is 270 g/mol. The molecule has 1 atom stereocenters. The Morgan fingerprint density at radius 1 is 1.32 bits per heavy atom. The highest BCUT2D eigenvalue weighted by atomic mass is 19.3. The zero-order valence-electron chi connectivity index (χ0n) is 10.9. The molecule has 0 spiro atoms. The van der Waals surface area contributed by atoms with Crippen molar-refractivity contribution in [2.24, 2.45) is 5.92 Å². The van der Waals surface area contributed by atoms with Crippen LogP contribution in [0.1, 0.15) is 29.6 Å². The van der Waals surface area contributed by atoms with Gasteiger partial charge in [-0.05, 0) is 18.6 Å². The Hall–Kier alpha value is -1.65. The van der Waals surface area contributed by atoms with Gasteiger partial charge in [0, 0.05) is 24.8 Å². The molecule has 0 bridgehead atoms.